The molecule has 1 heterocycles. The zero-order valence-electron chi connectivity index (χ0n) is 20.7. The zero-order chi connectivity index (χ0) is 26.9. The topological polar surface area (TPSA) is 130 Å². The van der Waals surface area contributed by atoms with Crippen molar-refractivity contribution in [1.82, 2.24) is 5.32 Å². The minimum atomic E-state index is -0.815. The molecule has 0 fully saturated rings. The Morgan fingerprint density at radius 3 is 2.57 bits per heavy atom. The third-order valence-corrected chi connectivity index (χ3v) is 6.48. The summed E-state index contributed by atoms with van der Waals surface area (Å²) in [4.78, 5) is 25.6. The fourth-order valence-corrected chi connectivity index (χ4v) is 4.62. The number of esters is 1. The second-order valence-electron chi connectivity index (χ2n) is 7.84. The molecule has 3 rings (SSSR count). The van der Waals surface area contributed by atoms with E-state index in [2.05, 4.69) is 23.3 Å². The van der Waals surface area contributed by atoms with Crippen LogP contribution in [-0.4, -0.2) is 43.6 Å². The molecule has 0 aliphatic carbocycles. The van der Waals surface area contributed by atoms with Gasteiger partial charge in [0.1, 0.15) is 12.4 Å². The lowest BCUT2D eigenvalue weighted by atomic mass is 9.82. The fraction of sp³-hybridized carbons (Fsp3) is 0.222. The van der Waals surface area contributed by atoms with Crippen LogP contribution in [0.15, 0.2) is 77.0 Å². The molecular weight excluding hydrogens is 494 g/mol. The monoisotopic (exact) mass is 521 g/mol. The van der Waals surface area contributed by atoms with Crippen LogP contribution in [-0.2, 0) is 14.3 Å². The summed E-state index contributed by atoms with van der Waals surface area (Å²) in [6.45, 7) is 5.26. The highest BCUT2D eigenvalue weighted by atomic mass is 32.2. The van der Waals surface area contributed by atoms with E-state index >= 15 is 0 Å². The number of methoxy groups -OCH3 is 2. The first-order valence-corrected chi connectivity index (χ1v) is 12.1. The maximum Gasteiger partial charge on any atom is 0.337 e. The van der Waals surface area contributed by atoms with E-state index in [1.807, 2.05) is 0 Å². The second kappa shape index (κ2) is 12.6. The average Bonchev–Trinajstić information content (AvgIpc) is 2.90. The summed E-state index contributed by atoms with van der Waals surface area (Å²) >= 11 is 1.14. The summed E-state index contributed by atoms with van der Waals surface area (Å²) in [6.07, 6.45) is 1.45. The Hall–Kier alpha value is -4.36. The highest BCUT2D eigenvalue weighted by Gasteiger charge is 2.36. The van der Waals surface area contributed by atoms with Crippen LogP contribution < -0.4 is 20.1 Å². The van der Waals surface area contributed by atoms with E-state index in [0.717, 1.165) is 11.8 Å². The molecule has 1 aliphatic heterocycles. The summed E-state index contributed by atoms with van der Waals surface area (Å²) in [5, 5.41) is 26.5. The summed E-state index contributed by atoms with van der Waals surface area (Å²) in [5.41, 5.74) is 2.08. The predicted molar refractivity (Wildman–Crippen MR) is 141 cm³/mol. The van der Waals surface area contributed by atoms with Crippen molar-refractivity contribution in [3.63, 3.8) is 0 Å². The first-order valence-electron chi connectivity index (χ1n) is 11.2. The van der Waals surface area contributed by atoms with Crippen LogP contribution in [0.4, 0.5) is 5.69 Å². The number of phenols is 1. The van der Waals surface area contributed by atoms with Crippen molar-refractivity contribution in [2.75, 3.05) is 31.9 Å². The molecule has 0 saturated heterocycles. The van der Waals surface area contributed by atoms with E-state index in [4.69, 9.17) is 14.2 Å². The first-order chi connectivity index (χ1) is 17.8. The van der Waals surface area contributed by atoms with E-state index in [9.17, 15) is 20.0 Å². The molecule has 2 aromatic carbocycles. The van der Waals surface area contributed by atoms with Crippen LogP contribution in [0.1, 0.15) is 18.4 Å². The number of amides is 1. The Kier molecular flexibility index (Phi) is 9.24. The molecule has 1 aliphatic rings. The number of carbonyl (C=O) groups excluding carboxylic acids is 2. The number of hydrogen-bond donors (Lipinski definition) is 3. The van der Waals surface area contributed by atoms with Crippen LogP contribution in [0.25, 0.3) is 0 Å². The summed E-state index contributed by atoms with van der Waals surface area (Å²) in [5.74, 6) is -0.913. The number of aromatic hydroxyl groups is 1. The molecule has 0 aromatic heterocycles. The van der Waals surface area contributed by atoms with E-state index in [-0.39, 0.29) is 40.9 Å². The van der Waals surface area contributed by atoms with Gasteiger partial charge in [0.15, 0.2) is 11.5 Å². The van der Waals surface area contributed by atoms with Gasteiger partial charge >= 0.3 is 5.97 Å². The highest BCUT2D eigenvalue weighted by Crippen LogP contribution is 2.43. The van der Waals surface area contributed by atoms with E-state index in [1.165, 1.54) is 19.3 Å². The summed E-state index contributed by atoms with van der Waals surface area (Å²) < 4.78 is 15.7. The number of ether oxygens (including phenoxy) is 3. The third kappa shape index (κ3) is 6.45. The van der Waals surface area contributed by atoms with Crippen molar-refractivity contribution in [1.29, 1.82) is 5.26 Å². The lowest BCUT2D eigenvalue weighted by Gasteiger charge is -2.29. The molecule has 0 saturated carbocycles. The number of nitrogens with zero attached hydrogens (tertiary/aromatic N) is 1. The van der Waals surface area contributed by atoms with Gasteiger partial charge in [-0.2, -0.15) is 5.26 Å². The zero-order valence-corrected chi connectivity index (χ0v) is 21.5. The van der Waals surface area contributed by atoms with Crippen molar-refractivity contribution in [3.8, 4) is 23.3 Å². The molecule has 192 valence electrons. The van der Waals surface area contributed by atoms with E-state index in [1.54, 1.807) is 50.4 Å². The van der Waals surface area contributed by atoms with Gasteiger partial charge in [-0.25, -0.2) is 4.79 Å². The Labute approximate surface area is 219 Å². The molecule has 2 aromatic rings. The third-order valence-electron chi connectivity index (χ3n) is 5.46. The number of phenolic OH excluding ortho intramolecular Hbond substituents is 1. The van der Waals surface area contributed by atoms with Crippen LogP contribution >= 0.6 is 11.8 Å². The second-order valence-corrected chi connectivity index (χ2v) is 8.82. The molecule has 0 radical (unpaired) electrons. The molecule has 0 spiro atoms. The smallest absolute Gasteiger partial charge is 0.337 e. The van der Waals surface area contributed by atoms with Gasteiger partial charge in [-0.05, 0) is 48.9 Å². The molecule has 1 amide bonds. The van der Waals surface area contributed by atoms with Gasteiger partial charge in [-0.3, -0.25) is 4.79 Å². The minimum absolute atomic E-state index is 0.0000276. The summed E-state index contributed by atoms with van der Waals surface area (Å²) in [6, 6.07) is 13.7. The highest BCUT2D eigenvalue weighted by molar-refractivity contribution is 8.03. The maximum absolute atomic E-state index is 13.0. The van der Waals surface area contributed by atoms with Crippen molar-refractivity contribution < 1.29 is 28.9 Å². The number of nitriles is 1. The van der Waals surface area contributed by atoms with Crippen LogP contribution in [0.3, 0.4) is 0 Å². The fourth-order valence-electron chi connectivity index (χ4n) is 3.73. The summed E-state index contributed by atoms with van der Waals surface area (Å²) in [7, 11) is 2.97. The lowest BCUT2D eigenvalue weighted by molar-refractivity contribution is -0.138. The number of allylic oxidation sites excluding steroid dienone is 2. The van der Waals surface area contributed by atoms with Crippen molar-refractivity contribution in [2.24, 2.45) is 0 Å². The van der Waals surface area contributed by atoms with Gasteiger partial charge < -0.3 is 30.0 Å². The Balaban J connectivity index is 1.92. The standard InChI is InChI=1S/C27H27N3O6S/c1-5-12-36-27(33)24-16(2)29-26(37-15-23(32)30-18-7-9-19(34-3)10-8-18)20(14-28)25(24)17-6-11-21(31)22(13-17)35-4/h5-11,13,25,29,31H,1,12,15H2,2-4H3,(H,30,32)/t25-/m0/s1. The van der Waals surface area contributed by atoms with Crippen molar-refractivity contribution in [3.05, 3.63) is 82.6 Å². The number of dihydropyridines is 1. The normalized spacial score (nSPS) is 14.8. The molecule has 10 heteroatoms. The number of nitrogens with one attached hydrogen (secondary N) is 2. The molecule has 9 nitrogen and oxygen atoms in total. The number of thioether (sulfide) groups is 1. The van der Waals surface area contributed by atoms with Crippen molar-refractivity contribution >= 4 is 29.3 Å². The first kappa shape index (κ1) is 27.2. The largest absolute Gasteiger partial charge is 0.504 e. The number of hydrogen-bond acceptors (Lipinski definition) is 9. The average molecular weight is 522 g/mol. The molecule has 37 heavy (non-hydrogen) atoms. The SMILES string of the molecule is C=CCOC(=O)C1=C(C)NC(SCC(=O)Nc2ccc(OC)cc2)=C(C#N)[C@@H]1c1ccc(O)c(OC)c1. The van der Waals surface area contributed by atoms with Gasteiger partial charge in [0, 0.05) is 11.4 Å². The van der Waals surface area contributed by atoms with Crippen LogP contribution in [0, 0.1) is 11.3 Å². The van der Waals surface area contributed by atoms with Gasteiger partial charge in [0.2, 0.25) is 5.91 Å². The predicted octanol–water partition coefficient (Wildman–Crippen LogP) is 4.21. The Morgan fingerprint density at radius 2 is 1.95 bits per heavy atom. The minimum Gasteiger partial charge on any atom is -0.504 e. The van der Waals surface area contributed by atoms with Gasteiger partial charge in [-0.15, -0.1) is 0 Å². The molecule has 1 atom stereocenters. The number of benzene rings is 2. The number of carbonyl (C=O) groups is 2. The van der Waals surface area contributed by atoms with Gasteiger partial charge in [-0.1, -0.05) is 30.5 Å². The van der Waals surface area contributed by atoms with Crippen LogP contribution in [0.2, 0.25) is 0 Å². The van der Waals surface area contributed by atoms with Crippen molar-refractivity contribution in [2.45, 2.75) is 12.8 Å². The van der Waals surface area contributed by atoms with Crippen LogP contribution in [0.5, 0.6) is 17.2 Å². The number of rotatable bonds is 10. The maximum atomic E-state index is 13.0. The molecule has 3 N–H and O–H groups in total. The Morgan fingerprint density at radius 1 is 1.22 bits per heavy atom. The van der Waals surface area contributed by atoms with Gasteiger partial charge in [0.05, 0.1) is 48.1 Å². The quantitative estimate of drug-likeness (QED) is 0.311. The molecular formula is C27H27N3O6S. The number of anilines is 1. The van der Waals surface area contributed by atoms with Gasteiger partial charge in [0.25, 0.3) is 0 Å². The van der Waals surface area contributed by atoms with E-state index in [0.29, 0.717) is 27.7 Å². The molecule has 0 unspecified atom stereocenters. The Bertz CT molecular complexity index is 1290. The van der Waals surface area contributed by atoms with E-state index < -0.39 is 11.9 Å². The lowest BCUT2D eigenvalue weighted by Crippen LogP contribution is -2.29. The molecule has 0 bridgehead atoms.